The third-order valence-electron chi connectivity index (χ3n) is 3.61. The highest BCUT2D eigenvalue weighted by atomic mass is 32.1. The van der Waals surface area contributed by atoms with E-state index < -0.39 is 5.97 Å². The van der Waals surface area contributed by atoms with Crippen molar-refractivity contribution in [3.05, 3.63) is 17.8 Å². The monoisotopic (exact) mass is 277 g/mol. The van der Waals surface area contributed by atoms with Gasteiger partial charge in [-0.05, 0) is 30.7 Å². The van der Waals surface area contributed by atoms with Crippen LogP contribution < -0.4 is 5.32 Å². The average Bonchev–Trinajstić information content (AvgIpc) is 2.88. The van der Waals surface area contributed by atoms with Gasteiger partial charge >= 0.3 is 5.97 Å². The summed E-state index contributed by atoms with van der Waals surface area (Å²) in [7, 11) is 0. The number of hydrogen-bond donors (Lipinski definition) is 2. The van der Waals surface area contributed by atoms with Crippen LogP contribution >= 0.6 is 11.3 Å². The quantitative estimate of drug-likeness (QED) is 0.902. The second-order valence-corrected chi connectivity index (χ2v) is 5.82. The minimum atomic E-state index is -0.685. The largest absolute Gasteiger partial charge is 0.481 e. The number of aromatic nitrogens is 2. The van der Waals surface area contributed by atoms with Gasteiger partial charge in [0.05, 0.1) is 16.1 Å². The first-order valence-electron chi connectivity index (χ1n) is 6.41. The molecule has 0 saturated heterocycles. The minimum absolute atomic E-state index is 0.190. The van der Waals surface area contributed by atoms with Gasteiger partial charge in [0.15, 0.2) is 0 Å². The van der Waals surface area contributed by atoms with Gasteiger partial charge in [-0.1, -0.05) is 6.42 Å². The molecule has 100 valence electrons. The van der Waals surface area contributed by atoms with Crippen molar-refractivity contribution in [1.29, 1.82) is 0 Å². The number of aliphatic carboxylic acids is 1. The van der Waals surface area contributed by atoms with Crippen molar-refractivity contribution in [3.63, 3.8) is 0 Å². The summed E-state index contributed by atoms with van der Waals surface area (Å²) in [5, 5.41) is 14.5. The van der Waals surface area contributed by atoms with E-state index >= 15 is 0 Å². The molecular weight excluding hydrogens is 262 g/mol. The second kappa shape index (κ2) is 5.13. The summed E-state index contributed by atoms with van der Waals surface area (Å²) in [6.07, 6.45) is 4.96. The maximum atomic E-state index is 11.1. The average molecular weight is 277 g/mol. The van der Waals surface area contributed by atoms with Crippen LogP contribution in [-0.2, 0) is 4.79 Å². The molecule has 1 aliphatic rings. The molecule has 0 spiro atoms. The Labute approximate surface area is 114 Å². The van der Waals surface area contributed by atoms with Crippen molar-refractivity contribution in [2.24, 2.45) is 5.92 Å². The normalized spacial score (nSPS) is 23.4. The Morgan fingerprint density at radius 1 is 1.42 bits per heavy atom. The molecule has 3 rings (SSSR count). The maximum absolute atomic E-state index is 11.1. The fourth-order valence-electron chi connectivity index (χ4n) is 2.63. The third-order valence-corrected chi connectivity index (χ3v) is 4.52. The Bertz CT molecular complexity index is 598. The number of carboxylic acids is 1. The van der Waals surface area contributed by atoms with Crippen molar-refractivity contribution < 1.29 is 9.90 Å². The van der Waals surface area contributed by atoms with E-state index in [-0.39, 0.29) is 12.0 Å². The summed E-state index contributed by atoms with van der Waals surface area (Å²) in [6, 6.07) is 2.16. The van der Waals surface area contributed by atoms with E-state index in [9.17, 15) is 4.79 Å². The van der Waals surface area contributed by atoms with Crippen molar-refractivity contribution in [1.82, 2.24) is 9.97 Å². The molecule has 2 unspecified atom stereocenters. The van der Waals surface area contributed by atoms with Crippen LogP contribution in [0.3, 0.4) is 0 Å². The number of rotatable bonds is 3. The van der Waals surface area contributed by atoms with Gasteiger partial charge in [-0.25, -0.2) is 9.97 Å². The van der Waals surface area contributed by atoms with E-state index in [1.165, 1.54) is 0 Å². The number of carbonyl (C=O) groups is 1. The number of fused-ring (bicyclic) bond motifs is 1. The summed E-state index contributed by atoms with van der Waals surface area (Å²) < 4.78 is 1.04. The molecule has 2 aromatic rings. The third kappa shape index (κ3) is 2.53. The van der Waals surface area contributed by atoms with E-state index in [1.807, 2.05) is 11.4 Å². The molecule has 6 heteroatoms. The molecule has 1 fully saturated rings. The number of anilines is 1. The van der Waals surface area contributed by atoms with Gasteiger partial charge in [0.2, 0.25) is 0 Å². The fraction of sp³-hybridized carbons (Fsp3) is 0.462. The molecule has 0 bridgehead atoms. The number of carboxylic acid groups (broad SMARTS) is 1. The van der Waals surface area contributed by atoms with E-state index in [0.717, 1.165) is 35.3 Å². The molecular formula is C13H15N3O2S. The molecule has 0 aliphatic heterocycles. The molecule has 2 atom stereocenters. The van der Waals surface area contributed by atoms with Crippen molar-refractivity contribution in [2.75, 3.05) is 5.32 Å². The van der Waals surface area contributed by atoms with Gasteiger partial charge in [0, 0.05) is 6.04 Å². The van der Waals surface area contributed by atoms with E-state index in [4.69, 9.17) is 5.11 Å². The summed E-state index contributed by atoms with van der Waals surface area (Å²) in [4.78, 5) is 19.6. The first-order chi connectivity index (χ1) is 9.24. The number of thiophene rings is 1. The van der Waals surface area contributed by atoms with Gasteiger partial charge in [-0.3, -0.25) is 4.79 Å². The lowest BCUT2D eigenvalue weighted by Crippen LogP contribution is -2.31. The highest BCUT2D eigenvalue weighted by Gasteiger charge is 2.27. The van der Waals surface area contributed by atoms with E-state index in [2.05, 4.69) is 15.3 Å². The first kappa shape index (κ1) is 12.3. The van der Waals surface area contributed by atoms with Gasteiger partial charge in [0.25, 0.3) is 0 Å². The number of hydrogen-bond acceptors (Lipinski definition) is 5. The molecule has 5 nitrogen and oxygen atoms in total. The maximum Gasteiger partial charge on any atom is 0.306 e. The molecule has 2 aromatic heterocycles. The Kier molecular flexibility index (Phi) is 3.33. The Morgan fingerprint density at radius 3 is 3.16 bits per heavy atom. The van der Waals surface area contributed by atoms with Crippen molar-refractivity contribution in [2.45, 2.75) is 31.7 Å². The van der Waals surface area contributed by atoms with Crippen LogP contribution in [0.1, 0.15) is 25.7 Å². The molecule has 2 N–H and O–H groups in total. The van der Waals surface area contributed by atoms with Gasteiger partial charge in [-0.2, -0.15) is 0 Å². The second-order valence-electron chi connectivity index (χ2n) is 4.90. The van der Waals surface area contributed by atoms with Gasteiger partial charge in [0.1, 0.15) is 12.1 Å². The van der Waals surface area contributed by atoms with Crippen molar-refractivity contribution >= 4 is 33.3 Å². The minimum Gasteiger partial charge on any atom is -0.481 e. The SMILES string of the molecule is O=C(O)C1CCCC(Nc2ncnc3ccsc23)C1. The summed E-state index contributed by atoms with van der Waals surface area (Å²) in [5.74, 6) is -0.0848. The Hall–Kier alpha value is -1.69. The molecule has 1 saturated carbocycles. The van der Waals surface area contributed by atoms with Crippen molar-refractivity contribution in [3.8, 4) is 0 Å². The summed E-state index contributed by atoms with van der Waals surface area (Å²) >= 11 is 1.61. The molecule has 0 aromatic carbocycles. The van der Waals surface area contributed by atoms with Crippen LogP contribution in [0.5, 0.6) is 0 Å². The predicted molar refractivity (Wildman–Crippen MR) is 74.4 cm³/mol. The topological polar surface area (TPSA) is 75.1 Å². The van der Waals surface area contributed by atoms with E-state index in [0.29, 0.717) is 6.42 Å². The zero-order valence-electron chi connectivity index (χ0n) is 10.4. The van der Waals surface area contributed by atoms with E-state index in [1.54, 1.807) is 17.7 Å². The zero-order chi connectivity index (χ0) is 13.2. The molecule has 1 aliphatic carbocycles. The van der Waals surface area contributed by atoms with Gasteiger partial charge < -0.3 is 10.4 Å². The predicted octanol–water partition coefficient (Wildman–Crippen LogP) is 2.75. The van der Waals surface area contributed by atoms with Gasteiger partial charge in [-0.15, -0.1) is 11.3 Å². The number of nitrogens with zero attached hydrogens (tertiary/aromatic N) is 2. The lowest BCUT2D eigenvalue weighted by molar-refractivity contribution is -0.142. The van der Waals surface area contributed by atoms with Crippen LogP contribution in [-0.4, -0.2) is 27.1 Å². The van der Waals surface area contributed by atoms with Crippen LogP contribution in [0.25, 0.3) is 10.2 Å². The van der Waals surface area contributed by atoms with Crippen LogP contribution in [0.4, 0.5) is 5.82 Å². The van der Waals surface area contributed by atoms with Crippen LogP contribution in [0.2, 0.25) is 0 Å². The smallest absolute Gasteiger partial charge is 0.306 e. The standard InChI is InChI=1S/C13H15N3O2S/c17-13(18)8-2-1-3-9(6-8)16-12-11-10(4-5-19-11)14-7-15-12/h4-5,7-9H,1-3,6H2,(H,17,18)(H,14,15,16). The first-order valence-corrected chi connectivity index (χ1v) is 7.29. The molecule has 0 amide bonds. The Morgan fingerprint density at radius 2 is 2.32 bits per heavy atom. The lowest BCUT2D eigenvalue weighted by Gasteiger charge is -2.27. The van der Waals surface area contributed by atoms with Crippen LogP contribution in [0.15, 0.2) is 17.8 Å². The molecule has 0 radical (unpaired) electrons. The lowest BCUT2D eigenvalue weighted by atomic mass is 9.86. The molecule has 19 heavy (non-hydrogen) atoms. The highest BCUT2D eigenvalue weighted by molar-refractivity contribution is 7.17. The number of nitrogens with one attached hydrogen (secondary N) is 1. The molecule has 2 heterocycles. The fourth-order valence-corrected chi connectivity index (χ4v) is 3.43. The summed E-state index contributed by atoms with van der Waals surface area (Å²) in [6.45, 7) is 0. The van der Waals surface area contributed by atoms with Crippen LogP contribution in [0, 0.1) is 5.92 Å². The summed E-state index contributed by atoms with van der Waals surface area (Å²) in [5.41, 5.74) is 0.938. The highest BCUT2D eigenvalue weighted by Crippen LogP contribution is 2.30. The Balaban J connectivity index is 1.77. The zero-order valence-corrected chi connectivity index (χ0v) is 11.2.